The molecule has 39 heavy (non-hydrogen) atoms. The molecule has 0 aromatic carbocycles. The zero-order valence-electron chi connectivity index (χ0n) is 25.5. The van der Waals surface area contributed by atoms with E-state index in [0.29, 0.717) is 39.1 Å². The Balaban J connectivity index is 4.32. The third-order valence-corrected chi connectivity index (χ3v) is 5.92. The van der Waals surface area contributed by atoms with Crippen LogP contribution in [-0.2, 0) is 28.5 Å². The van der Waals surface area contributed by atoms with E-state index in [0.717, 1.165) is 64.3 Å². The summed E-state index contributed by atoms with van der Waals surface area (Å²) in [5.41, 5.74) is 0. The van der Waals surface area contributed by atoms with Crippen LogP contribution >= 0.6 is 0 Å². The van der Waals surface area contributed by atoms with E-state index in [-0.39, 0.29) is 25.1 Å². The molecule has 0 amide bonds. The van der Waals surface area contributed by atoms with Crippen molar-refractivity contribution in [2.75, 3.05) is 47.1 Å². The molecule has 8 heteroatoms. The van der Waals surface area contributed by atoms with E-state index in [9.17, 15) is 9.59 Å². The van der Waals surface area contributed by atoms with Gasteiger partial charge in [-0.05, 0) is 78.3 Å². The smallest absolute Gasteiger partial charge is 0.466 e. The summed E-state index contributed by atoms with van der Waals surface area (Å²) < 4.78 is 27.8. The molecule has 0 spiro atoms. The van der Waals surface area contributed by atoms with E-state index in [1.54, 1.807) is 0 Å². The van der Waals surface area contributed by atoms with Gasteiger partial charge in [0.15, 0.2) is 6.29 Å². The van der Waals surface area contributed by atoms with Gasteiger partial charge in [-0.2, -0.15) is 0 Å². The summed E-state index contributed by atoms with van der Waals surface area (Å²) >= 11 is 0. The molecule has 0 aromatic heterocycles. The lowest BCUT2D eigenvalue weighted by atomic mass is 10.2. The molecule has 0 rings (SSSR count). The van der Waals surface area contributed by atoms with Crippen LogP contribution in [0.1, 0.15) is 104 Å². The summed E-state index contributed by atoms with van der Waals surface area (Å²) in [5, 5.41) is 0. The minimum Gasteiger partial charge on any atom is -0.466 e. The van der Waals surface area contributed by atoms with Crippen molar-refractivity contribution < 1.29 is 33.3 Å². The molecule has 0 bridgehead atoms. The van der Waals surface area contributed by atoms with Gasteiger partial charge in [0, 0.05) is 32.6 Å². The molecular weight excluding hydrogens is 498 g/mol. The predicted octanol–water partition coefficient (Wildman–Crippen LogP) is 7.22. The normalized spacial score (nSPS) is 12.6. The standard InChI is InChI=1S/C31H57NO7/c1-6-9-11-13-15-17-24-36-30(37-25-18-16-14-12-10-7-2)21-20-29(33)35-27-22-28(8-3)39-31(34)38-26-19-23-32(4)5/h9-12,28,30H,6-8,13-27H2,1-5H3/b11-9-,12-10-. The molecule has 0 heterocycles. The zero-order valence-corrected chi connectivity index (χ0v) is 25.5. The van der Waals surface area contributed by atoms with E-state index in [1.165, 1.54) is 0 Å². The first kappa shape index (κ1) is 37.1. The van der Waals surface area contributed by atoms with Crippen LogP contribution in [0.2, 0.25) is 0 Å². The lowest BCUT2D eigenvalue weighted by molar-refractivity contribution is -0.159. The molecule has 0 N–H and O–H groups in total. The Morgan fingerprint density at radius 3 is 1.87 bits per heavy atom. The highest BCUT2D eigenvalue weighted by Crippen LogP contribution is 2.11. The summed E-state index contributed by atoms with van der Waals surface area (Å²) in [4.78, 5) is 26.2. The molecule has 0 aliphatic carbocycles. The van der Waals surface area contributed by atoms with Gasteiger partial charge in [0.05, 0.1) is 19.6 Å². The second-order valence-corrected chi connectivity index (χ2v) is 9.87. The quantitative estimate of drug-likeness (QED) is 0.0479. The van der Waals surface area contributed by atoms with E-state index >= 15 is 0 Å². The minimum absolute atomic E-state index is 0.189. The van der Waals surface area contributed by atoms with Gasteiger partial charge in [-0.15, -0.1) is 0 Å². The number of rotatable bonds is 26. The van der Waals surface area contributed by atoms with Gasteiger partial charge in [-0.25, -0.2) is 4.79 Å². The van der Waals surface area contributed by atoms with Crippen LogP contribution < -0.4 is 0 Å². The maximum absolute atomic E-state index is 12.3. The van der Waals surface area contributed by atoms with Crippen LogP contribution in [0, 0.1) is 0 Å². The Labute approximate surface area is 238 Å². The predicted molar refractivity (Wildman–Crippen MR) is 157 cm³/mol. The summed E-state index contributed by atoms with van der Waals surface area (Å²) in [7, 11) is 3.94. The molecular formula is C31H57NO7. The van der Waals surface area contributed by atoms with Crippen molar-refractivity contribution in [3.8, 4) is 0 Å². The number of ether oxygens (including phenoxy) is 5. The number of hydrogen-bond acceptors (Lipinski definition) is 8. The molecule has 228 valence electrons. The van der Waals surface area contributed by atoms with Gasteiger partial charge in [-0.3, -0.25) is 4.79 Å². The van der Waals surface area contributed by atoms with Gasteiger partial charge in [0.2, 0.25) is 0 Å². The first-order valence-electron chi connectivity index (χ1n) is 15.1. The van der Waals surface area contributed by atoms with Crippen LogP contribution in [0.5, 0.6) is 0 Å². The molecule has 0 radical (unpaired) electrons. The van der Waals surface area contributed by atoms with Crippen molar-refractivity contribution in [1.29, 1.82) is 0 Å². The van der Waals surface area contributed by atoms with Gasteiger partial charge >= 0.3 is 12.1 Å². The van der Waals surface area contributed by atoms with E-state index in [2.05, 4.69) is 38.2 Å². The largest absolute Gasteiger partial charge is 0.508 e. The topological polar surface area (TPSA) is 83.5 Å². The maximum atomic E-state index is 12.3. The molecule has 0 saturated heterocycles. The zero-order chi connectivity index (χ0) is 29.0. The fourth-order valence-electron chi connectivity index (χ4n) is 3.61. The van der Waals surface area contributed by atoms with Crippen LogP contribution in [0.3, 0.4) is 0 Å². The lowest BCUT2D eigenvalue weighted by Crippen LogP contribution is -2.23. The molecule has 0 aliphatic heterocycles. The Morgan fingerprint density at radius 2 is 1.33 bits per heavy atom. The Morgan fingerprint density at radius 1 is 0.718 bits per heavy atom. The SMILES string of the molecule is CC/C=C\CCCCOC(CCC(=O)OCCC(CC)OC(=O)OCCCN(C)C)OCCCC/C=C\CC. The molecule has 0 fully saturated rings. The second-order valence-electron chi connectivity index (χ2n) is 9.87. The summed E-state index contributed by atoms with van der Waals surface area (Å²) in [5.74, 6) is -0.303. The number of carbonyl (C=O) groups is 2. The number of carbonyl (C=O) groups excluding carboxylic acids is 2. The maximum Gasteiger partial charge on any atom is 0.508 e. The highest BCUT2D eigenvalue weighted by atomic mass is 16.7. The lowest BCUT2D eigenvalue weighted by Gasteiger charge is -2.19. The van der Waals surface area contributed by atoms with Gasteiger partial charge < -0.3 is 28.6 Å². The first-order chi connectivity index (χ1) is 18.9. The fourth-order valence-corrected chi connectivity index (χ4v) is 3.61. The molecule has 1 atom stereocenters. The van der Waals surface area contributed by atoms with E-state index in [4.69, 9.17) is 23.7 Å². The summed E-state index contributed by atoms with van der Waals surface area (Å²) in [6.07, 6.45) is 18.1. The summed E-state index contributed by atoms with van der Waals surface area (Å²) in [6, 6.07) is 0. The Hall–Kier alpha value is -1.90. The van der Waals surface area contributed by atoms with Gasteiger partial charge in [0.25, 0.3) is 0 Å². The van der Waals surface area contributed by atoms with Crippen LogP contribution in [0.4, 0.5) is 4.79 Å². The highest BCUT2D eigenvalue weighted by molar-refractivity contribution is 5.69. The second kappa shape index (κ2) is 27.7. The third-order valence-electron chi connectivity index (χ3n) is 5.92. The molecule has 1 unspecified atom stereocenters. The third kappa shape index (κ3) is 26.1. The molecule has 0 aromatic rings. The molecule has 0 saturated carbocycles. The average molecular weight is 556 g/mol. The minimum atomic E-state index is -0.674. The van der Waals surface area contributed by atoms with Crippen LogP contribution in [0.25, 0.3) is 0 Å². The monoisotopic (exact) mass is 555 g/mol. The van der Waals surface area contributed by atoms with Crippen molar-refractivity contribution in [2.45, 2.75) is 117 Å². The van der Waals surface area contributed by atoms with Crippen molar-refractivity contribution in [1.82, 2.24) is 4.90 Å². The van der Waals surface area contributed by atoms with Crippen LogP contribution in [0.15, 0.2) is 24.3 Å². The first-order valence-corrected chi connectivity index (χ1v) is 15.1. The van der Waals surface area contributed by atoms with Gasteiger partial charge in [-0.1, -0.05) is 45.1 Å². The van der Waals surface area contributed by atoms with Crippen LogP contribution in [-0.4, -0.2) is 76.5 Å². The van der Waals surface area contributed by atoms with Crippen molar-refractivity contribution in [3.05, 3.63) is 24.3 Å². The molecule has 8 nitrogen and oxygen atoms in total. The van der Waals surface area contributed by atoms with E-state index < -0.39 is 12.4 Å². The number of nitrogens with zero attached hydrogens (tertiary/aromatic N) is 1. The summed E-state index contributed by atoms with van der Waals surface area (Å²) in [6.45, 7) is 8.76. The van der Waals surface area contributed by atoms with Crippen molar-refractivity contribution >= 4 is 12.1 Å². The number of unbranched alkanes of at least 4 members (excludes halogenated alkanes) is 4. The van der Waals surface area contributed by atoms with Crippen molar-refractivity contribution in [3.63, 3.8) is 0 Å². The average Bonchev–Trinajstić information content (AvgIpc) is 2.91. The highest BCUT2D eigenvalue weighted by Gasteiger charge is 2.16. The molecule has 0 aliphatic rings. The number of hydrogen-bond donors (Lipinski definition) is 0. The van der Waals surface area contributed by atoms with E-state index in [1.807, 2.05) is 25.9 Å². The van der Waals surface area contributed by atoms with Crippen molar-refractivity contribution in [2.24, 2.45) is 0 Å². The fraction of sp³-hybridized carbons (Fsp3) is 0.806. The Bertz CT molecular complexity index is 612. The Kier molecular flexibility index (Phi) is 26.3. The van der Waals surface area contributed by atoms with Gasteiger partial charge in [0.1, 0.15) is 6.10 Å². The number of allylic oxidation sites excluding steroid dienone is 4. The number of esters is 1.